The van der Waals surface area contributed by atoms with Crippen molar-refractivity contribution in [1.82, 2.24) is 0 Å². The first kappa shape index (κ1) is 13.5. The lowest BCUT2D eigenvalue weighted by atomic mass is 9.90. The molecule has 0 saturated carbocycles. The van der Waals surface area contributed by atoms with Crippen LogP contribution in [0, 0.1) is 5.92 Å². The van der Waals surface area contributed by atoms with Crippen LogP contribution in [0.5, 0.6) is 0 Å². The minimum Gasteiger partial charge on any atom is -0.481 e. The molecule has 1 aromatic carbocycles. The number of amides is 1. The van der Waals surface area contributed by atoms with Gasteiger partial charge in [0.2, 0.25) is 5.91 Å². The van der Waals surface area contributed by atoms with E-state index in [-0.39, 0.29) is 5.91 Å². The van der Waals surface area contributed by atoms with Crippen LogP contribution in [0.25, 0.3) is 0 Å². The maximum Gasteiger partial charge on any atom is 0.308 e. The maximum absolute atomic E-state index is 11.6. The molecule has 2 atom stereocenters. The number of anilines is 1. The van der Waals surface area contributed by atoms with Crippen molar-refractivity contribution in [1.29, 1.82) is 0 Å². The van der Waals surface area contributed by atoms with Gasteiger partial charge in [0, 0.05) is 18.8 Å². The van der Waals surface area contributed by atoms with Crippen molar-refractivity contribution >= 4 is 17.6 Å². The van der Waals surface area contributed by atoms with Crippen LogP contribution in [-0.4, -0.2) is 24.0 Å². The lowest BCUT2D eigenvalue weighted by Crippen LogP contribution is -2.27. The minimum absolute atomic E-state index is 0.0472. The molecule has 1 aliphatic rings. The Balaban J connectivity index is 2.31. The number of fused-ring (bicyclic) bond motifs is 1. The molecule has 2 unspecified atom stereocenters. The van der Waals surface area contributed by atoms with Gasteiger partial charge in [0.05, 0.1) is 12.3 Å². The monoisotopic (exact) mass is 262 g/mol. The number of nitrogens with two attached hydrogens (primary N) is 1. The van der Waals surface area contributed by atoms with Gasteiger partial charge in [-0.05, 0) is 23.6 Å². The van der Waals surface area contributed by atoms with Gasteiger partial charge in [0.15, 0.2) is 0 Å². The average molecular weight is 262 g/mol. The number of rotatable bonds is 4. The van der Waals surface area contributed by atoms with Gasteiger partial charge in [0.1, 0.15) is 0 Å². The van der Waals surface area contributed by atoms with Crippen molar-refractivity contribution in [2.75, 3.05) is 11.9 Å². The van der Waals surface area contributed by atoms with Crippen molar-refractivity contribution in [3.05, 3.63) is 29.3 Å². The van der Waals surface area contributed by atoms with E-state index in [2.05, 4.69) is 0 Å². The van der Waals surface area contributed by atoms with Crippen LogP contribution in [0.3, 0.4) is 0 Å². The molecule has 1 heterocycles. The van der Waals surface area contributed by atoms with Crippen LogP contribution in [0.15, 0.2) is 18.2 Å². The summed E-state index contributed by atoms with van der Waals surface area (Å²) in [6.45, 7) is 1.81. The fraction of sp³-hybridized carbons (Fsp3) is 0.429. The topological polar surface area (TPSA) is 83.6 Å². The van der Waals surface area contributed by atoms with Crippen molar-refractivity contribution in [3.8, 4) is 0 Å². The molecule has 0 fully saturated rings. The molecule has 0 bridgehead atoms. The largest absolute Gasteiger partial charge is 0.481 e. The molecule has 1 aromatic rings. The summed E-state index contributed by atoms with van der Waals surface area (Å²) in [6.07, 6.45) is 0.836. The molecule has 0 radical (unpaired) electrons. The molecule has 1 aliphatic heterocycles. The number of carbonyl (C=O) groups is 2. The molecule has 5 heteroatoms. The summed E-state index contributed by atoms with van der Waals surface area (Å²) in [4.78, 5) is 24.4. The Hall–Kier alpha value is -1.88. The van der Waals surface area contributed by atoms with Gasteiger partial charge in [-0.1, -0.05) is 19.1 Å². The summed E-state index contributed by atoms with van der Waals surface area (Å²) in [7, 11) is 1.74. The first-order chi connectivity index (χ1) is 8.95. The van der Waals surface area contributed by atoms with Crippen LogP contribution in [0.2, 0.25) is 0 Å². The summed E-state index contributed by atoms with van der Waals surface area (Å²) >= 11 is 0. The van der Waals surface area contributed by atoms with Gasteiger partial charge >= 0.3 is 5.97 Å². The van der Waals surface area contributed by atoms with Gasteiger partial charge in [-0.25, -0.2) is 0 Å². The van der Waals surface area contributed by atoms with E-state index in [1.807, 2.05) is 25.1 Å². The van der Waals surface area contributed by atoms with Crippen molar-refractivity contribution in [3.63, 3.8) is 0 Å². The normalized spacial score (nSPS) is 17.2. The Bertz CT molecular complexity index is 527. The van der Waals surface area contributed by atoms with Crippen LogP contribution in [0.1, 0.15) is 30.5 Å². The van der Waals surface area contributed by atoms with Crippen molar-refractivity contribution in [2.45, 2.75) is 25.8 Å². The van der Waals surface area contributed by atoms with Crippen LogP contribution in [-0.2, 0) is 16.0 Å². The second kappa shape index (κ2) is 5.01. The highest BCUT2D eigenvalue weighted by atomic mass is 16.4. The fourth-order valence-corrected chi connectivity index (χ4v) is 2.51. The maximum atomic E-state index is 11.6. The molecule has 0 spiro atoms. The number of hydrogen-bond donors (Lipinski definition) is 2. The molecule has 0 aromatic heterocycles. The van der Waals surface area contributed by atoms with Gasteiger partial charge < -0.3 is 15.7 Å². The zero-order chi connectivity index (χ0) is 14.2. The number of hydrogen-bond acceptors (Lipinski definition) is 3. The third-order valence-electron chi connectivity index (χ3n) is 3.76. The molecule has 3 N–H and O–H groups in total. The number of nitrogens with zero attached hydrogens (tertiary/aromatic N) is 1. The summed E-state index contributed by atoms with van der Waals surface area (Å²) in [6, 6.07) is 4.95. The molecule has 102 valence electrons. The van der Waals surface area contributed by atoms with E-state index in [9.17, 15) is 9.59 Å². The van der Waals surface area contributed by atoms with Gasteiger partial charge in [-0.3, -0.25) is 9.59 Å². The first-order valence-corrected chi connectivity index (χ1v) is 6.33. The predicted molar refractivity (Wildman–Crippen MR) is 71.9 cm³/mol. The van der Waals surface area contributed by atoms with Gasteiger partial charge in [-0.15, -0.1) is 0 Å². The molecule has 1 amide bonds. The molecule has 0 aliphatic carbocycles. The van der Waals surface area contributed by atoms with E-state index in [0.717, 1.165) is 16.8 Å². The lowest BCUT2D eigenvalue weighted by Gasteiger charge is -2.20. The average Bonchev–Trinajstić information content (AvgIpc) is 2.65. The third kappa shape index (κ3) is 2.33. The highest BCUT2D eigenvalue weighted by Gasteiger charge is 2.28. The standard InChI is InChI=1S/C14H18N2O3/c1-3-10(14(18)19)13(15)8-4-5-11-9(6-8)7-12(17)16(11)2/h4-6,10,13H,3,7,15H2,1-2H3,(H,18,19). The smallest absolute Gasteiger partial charge is 0.308 e. The van der Waals surface area contributed by atoms with Crippen LogP contribution < -0.4 is 10.6 Å². The zero-order valence-corrected chi connectivity index (χ0v) is 11.1. The van der Waals surface area contributed by atoms with E-state index >= 15 is 0 Å². The Morgan fingerprint density at radius 3 is 2.79 bits per heavy atom. The summed E-state index contributed by atoms with van der Waals surface area (Å²) in [5.41, 5.74) is 8.61. The molecular weight excluding hydrogens is 244 g/mol. The molecule has 19 heavy (non-hydrogen) atoms. The summed E-state index contributed by atoms with van der Waals surface area (Å²) < 4.78 is 0. The number of carbonyl (C=O) groups excluding carboxylic acids is 1. The zero-order valence-electron chi connectivity index (χ0n) is 11.1. The highest BCUT2D eigenvalue weighted by molar-refractivity contribution is 6.00. The number of carboxylic acid groups (broad SMARTS) is 1. The van der Waals surface area contributed by atoms with Gasteiger partial charge in [-0.2, -0.15) is 0 Å². The van der Waals surface area contributed by atoms with E-state index in [4.69, 9.17) is 10.8 Å². The number of carboxylic acids is 1. The summed E-state index contributed by atoms with van der Waals surface area (Å²) in [5, 5.41) is 9.14. The molecule has 0 saturated heterocycles. The van der Waals surface area contributed by atoms with E-state index in [1.165, 1.54) is 0 Å². The summed E-state index contributed by atoms with van der Waals surface area (Å²) in [5.74, 6) is -1.44. The lowest BCUT2D eigenvalue weighted by molar-refractivity contribution is -0.142. The number of benzene rings is 1. The molecule has 2 rings (SSSR count). The highest BCUT2D eigenvalue weighted by Crippen LogP contribution is 2.32. The molecular formula is C14H18N2O3. The fourth-order valence-electron chi connectivity index (χ4n) is 2.51. The Labute approximate surface area is 112 Å². The van der Waals surface area contributed by atoms with Crippen LogP contribution in [0.4, 0.5) is 5.69 Å². The number of aliphatic carboxylic acids is 1. The second-order valence-electron chi connectivity index (χ2n) is 4.90. The van der Waals surface area contributed by atoms with Crippen molar-refractivity contribution in [2.24, 2.45) is 11.7 Å². The SMILES string of the molecule is CCC(C(=O)O)C(N)c1ccc2c(c1)CC(=O)N2C. The van der Waals surface area contributed by atoms with Crippen molar-refractivity contribution < 1.29 is 14.7 Å². The van der Waals surface area contributed by atoms with Gasteiger partial charge in [0.25, 0.3) is 0 Å². The Morgan fingerprint density at radius 1 is 1.53 bits per heavy atom. The number of likely N-dealkylation sites (N-methyl/N-ethyl adjacent to an activating group) is 1. The van der Waals surface area contributed by atoms with E-state index < -0.39 is 17.9 Å². The first-order valence-electron chi connectivity index (χ1n) is 6.33. The minimum atomic E-state index is -0.885. The second-order valence-corrected chi connectivity index (χ2v) is 4.90. The van der Waals surface area contributed by atoms with Crippen LogP contribution >= 0.6 is 0 Å². The molecule has 5 nitrogen and oxygen atoms in total. The van der Waals surface area contributed by atoms with E-state index in [1.54, 1.807) is 11.9 Å². The Morgan fingerprint density at radius 2 is 2.21 bits per heavy atom. The predicted octanol–water partition coefficient (Wildman–Crippen LogP) is 1.32. The Kier molecular flexibility index (Phi) is 3.57. The van der Waals surface area contributed by atoms with E-state index in [0.29, 0.717) is 12.8 Å². The third-order valence-corrected chi connectivity index (χ3v) is 3.76. The quantitative estimate of drug-likeness (QED) is 0.857.